The lowest BCUT2D eigenvalue weighted by Gasteiger charge is -2.22. The Kier molecular flexibility index (Phi) is 9.81. The van der Waals surface area contributed by atoms with Gasteiger partial charge in [0.2, 0.25) is 0 Å². The molecule has 0 aliphatic heterocycles. The smallest absolute Gasteiger partial charge is 0.194 e. The van der Waals surface area contributed by atoms with Gasteiger partial charge in [0.25, 0.3) is 0 Å². The number of nitrogens with one attached hydrogen (secondary N) is 1. The molecule has 7 heteroatoms. The number of aryl methyl sites for hydroxylation is 1. The van der Waals surface area contributed by atoms with E-state index in [1.165, 1.54) is 5.69 Å². The summed E-state index contributed by atoms with van der Waals surface area (Å²) < 4.78 is 14.4. The highest BCUT2D eigenvalue weighted by Gasteiger charge is 2.09. The van der Waals surface area contributed by atoms with E-state index in [2.05, 4.69) is 25.8 Å². The predicted octanol–water partition coefficient (Wildman–Crippen LogP) is 2.85. The van der Waals surface area contributed by atoms with E-state index in [9.17, 15) is 4.21 Å². The Balaban J connectivity index is 0.00000312. The molecular weight excluding hydrogens is 447 g/mol. The van der Waals surface area contributed by atoms with Gasteiger partial charge in [-0.1, -0.05) is 18.2 Å². The molecule has 0 amide bonds. The molecule has 1 N–H and O–H groups in total. The molecule has 1 aromatic heterocycles. The molecule has 0 saturated heterocycles. The topological polar surface area (TPSA) is 49.6 Å². The summed E-state index contributed by atoms with van der Waals surface area (Å²) in [6, 6.07) is 13.7. The molecule has 1 atom stereocenters. The van der Waals surface area contributed by atoms with Gasteiger partial charge in [-0.25, -0.2) is 0 Å². The summed E-state index contributed by atoms with van der Waals surface area (Å²) in [7, 11) is 3.04. The molecule has 2 aromatic rings. The molecule has 25 heavy (non-hydrogen) atoms. The standard InChI is InChI=1S/C18H26N4OS.HI/c1-4-19-18(22(3)15-16-9-8-13-21(16)2)20-12-14-24(23)17-10-6-5-7-11-17;/h5-11,13H,4,12,14-15H2,1-3H3,(H,19,20);1H. The van der Waals surface area contributed by atoms with Gasteiger partial charge in [-0.15, -0.1) is 24.0 Å². The summed E-state index contributed by atoms with van der Waals surface area (Å²) in [5.74, 6) is 1.36. The fourth-order valence-electron chi connectivity index (χ4n) is 2.37. The lowest BCUT2D eigenvalue weighted by Crippen LogP contribution is -2.39. The SMILES string of the molecule is CCNC(=NCCS(=O)c1ccccc1)N(C)Cc1cccn1C.I. The maximum absolute atomic E-state index is 12.3. The maximum Gasteiger partial charge on any atom is 0.194 e. The van der Waals surface area contributed by atoms with Crippen molar-refractivity contribution in [3.63, 3.8) is 0 Å². The van der Waals surface area contributed by atoms with E-state index in [1.54, 1.807) is 0 Å². The molecule has 1 heterocycles. The first-order chi connectivity index (χ1) is 11.6. The Morgan fingerprint density at radius 1 is 1.24 bits per heavy atom. The van der Waals surface area contributed by atoms with Crippen molar-refractivity contribution in [3.8, 4) is 0 Å². The molecule has 0 bridgehead atoms. The first-order valence-corrected chi connectivity index (χ1v) is 9.46. The van der Waals surface area contributed by atoms with Crippen molar-refractivity contribution in [2.24, 2.45) is 12.0 Å². The first kappa shape index (κ1) is 21.7. The van der Waals surface area contributed by atoms with Crippen molar-refractivity contribution in [3.05, 3.63) is 54.4 Å². The fraction of sp³-hybridized carbons (Fsp3) is 0.389. The largest absolute Gasteiger partial charge is 0.357 e. The Morgan fingerprint density at radius 3 is 2.56 bits per heavy atom. The second-order valence-corrected chi connectivity index (χ2v) is 7.14. The van der Waals surface area contributed by atoms with Gasteiger partial charge >= 0.3 is 0 Å². The molecule has 0 aliphatic carbocycles. The van der Waals surface area contributed by atoms with E-state index in [4.69, 9.17) is 0 Å². The molecule has 1 aromatic carbocycles. The highest BCUT2D eigenvalue weighted by Crippen LogP contribution is 2.06. The van der Waals surface area contributed by atoms with Crippen LogP contribution in [0, 0.1) is 0 Å². The number of guanidine groups is 1. The van der Waals surface area contributed by atoms with Crippen molar-refractivity contribution in [1.82, 2.24) is 14.8 Å². The zero-order chi connectivity index (χ0) is 17.4. The number of halogens is 1. The van der Waals surface area contributed by atoms with Gasteiger partial charge in [-0.3, -0.25) is 9.20 Å². The minimum absolute atomic E-state index is 0. The van der Waals surface area contributed by atoms with Crippen molar-refractivity contribution < 1.29 is 4.21 Å². The fourth-order valence-corrected chi connectivity index (χ4v) is 3.33. The molecule has 1 unspecified atom stereocenters. The molecule has 2 rings (SSSR count). The van der Waals surface area contributed by atoms with Gasteiger partial charge in [-0.2, -0.15) is 0 Å². The average molecular weight is 474 g/mol. The summed E-state index contributed by atoms with van der Waals surface area (Å²) in [6.07, 6.45) is 2.04. The number of aromatic nitrogens is 1. The van der Waals surface area contributed by atoms with E-state index >= 15 is 0 Å². The van der Waals surface area contributed by atoms with Crippen molar-refractivity contribution >= 4 is 40.7 Å². The van der Waals surface area contributed by atoms with E-state index in [-0.39, 0.29) is 24.0 Å². The number of aliphatic imine (C=N–C) groups is 1. The molecule has 0 aliphatic rings. The van der Waals surface area contributed by atoms with E-state index in [1.807, 2.05) is 63.6 Å². The monoisotopic (exact) mass is 474 g/mol. The van der Waals surface area contributed by atoms with Gasteiger partial charge in [0.15, 0.2) is 5.96 Å². The number of hydrogen-bond acceptors (Lipinski definition) is 2. The Morgan fingerprint density at radius 2 is 1.96 bits per heavy atom. The summed E-state index contributed by atoms with van der Waals surface area (Å²) in [5, 5.41) is 3.30. The lowest BCUT2D eigenvalue weighted by atomic mass is 10.4. The van der Waals surface area contributed by atoms with Crippen LogP contribution in [0.15, 0.2) is 58.5 Å². The average Bonchev–Trinajstić information content (AvgIpc) is 2.99. The van der Waals surface area contributed by atoms with Crippen LogP contribution >= 0.6 is 24.0 Å². The third-order valence-corrected chi connectivity index (χ3v) is 5.04. The predicted molar refractivity (Wildman–Crippen MR) is 116 cm³/mol. The van der Waals surface area contributed by atoms with Crippen LogP contribution in [-0.2, 0) is 24.4 Å². The van der Waals surface area contributed by atoms with Crippen LogP contribution in [0.5, 0.6) is 0 Å². The third-order valence-electron chi connectivity index (χ3n) is 3.69. The van der Waals surface area contributed by atoms with Crippen molar-refractivity contribution in [2.45, 2.75) is 18.4 Å². The van der Waals surface area contributed by atoms with Crippen LogP contribution in [0.3, 0.4) is 0 Å². The molecule has 0 saturated carbocycles. The number of rotatable bonds is 7. The zero-order valence-electron chi connectivity index (χ0n) is 15.0. The highest BCUT2D eigenvalue weighted by molar-refractivity contribution is 14.0. The van der Waals surface area contributed by atoms with Gasteiger partial charge < -0.3 is 14.8 Å². The van der Waals surface area contributed by atoms with Crippen LogP contribution in [0.4, 0.5) is 0 Å². The first-order valence-electron chi connectivity index (χ1n) is 8.15. The maximum atomic E-state index is 12.3. The molecule has 0 radical (unpaired) electrons. The van der Waals surface area contributed by atoms with E-state index < -0.39 is 10.8 Å². The van der Waals surface area contributed by atoms with Gasteiger partial charge in [0.05, 0.1) is 23.9 Å². The quantitative estimate of drug-likeness (QED) is 0.382. The van der Waals surface area contributed by atoms with Crippen molar-refractivity contribution in [2.75, 3.05) is 25.9 Å². The zero-order valence-corrected chi connectivity index (χ0v) is 18.2. The van der Waals surface area contributed by atoms with Gasteiger partial charge in [-0.05, 0) is 31.2 Å². The molecular formula is C18H27IN4OS. The van der Waals surface area contributed by atoms with Crippen LogP contribution in [0.2, 0.25) is 0 Å². The second kappa shape index (κ2) is 11.3. The van der Waals surface area contributed by atoms with Crippen molar-refractivity contribution in [1.29, 1.82) is 0 Å². The number of hydrogen-bond donors (Lipinski definition) is 1. The molecule has 5 nitrogen and oxygen atoms in total. The van der Waals surface area contributed by atoms with Crippen LogP contribution in [0.25, 0.3) is 0 Å². The van der Waals surface area contributed by atoms with Gasteiger partial charge in [0, 0.05) is 43.2 Å². The summed E-state index contributed by atoms with van der Waals surface area (Å²) in [6.45, 7) is 4.16. The summed E-state index contributed by atoms with van der Waals surface area (Å²) in [4.78, 5) is 7.56. The van der Waals surface area contributed by atoms with Crippen LogP contribution in [-0.4, -0.2) is 45.5 Å². The van der Waals surface area contributed by atoms with Gasteiger partial charge in [0.1, 0.15) is 0 Å². The minimum atomic E-state index is -1.01. The molecule has 0 spiro atoms. The van der Waals surface area contributed by atoms with Crippen LogP contribution in [0.1, 0.15) is 12.6 Å². The minimum Gasteiger partial charge on any atom is -0.357 e. The summed E-state index contributed by atoms with van der Waals surface area (Å²) in [5.41, 5.74) is 1.22. The highest BCUT2D eigenvalue weighted by atomic mass is 127. The van der Waals surface area contributed by atoms with E-state index in [0.29, 0.717) is 12.3 Å². The van der Waals surface area contributed by atoms with Crippen LogP contribution < -0.4 is 5.32 Å². The Bertz CT molecular complexity index is 687. The Labute approximate surface area is 170 Å². The Hall–Kier alpha value is -1.35. The molecule has 138 valence electrons. The third kappa shape index (κ3) is 6.81. The lowest BCUT2D eigenvalue weighted by molar-refractivity contribution is 0.462. The summed E-state index contributed by atoms with van der Waals surface area (Å²) >= 11 is 0. The normalized spacial score (nSPS) is 12.4. The van der Waals surface area contributed by atoms with E-state index in [0.717, 1.165) is 23.9 Å². The second-order valence-electron chi connectivity index (χ2n) is 5.56. The number of benzene rings is 1. The number of nitrogens with zero attached hydrogens (tertiary/aromatic N) is 3. The molecule has 0 fully saturated rings.